The van der Waals surface area contributed by atoms with Crippen molar-refractivity contribution in [2.75, 3.05) is 51.1 Å². The Hall–Kier alpha value is -3.48. The maximum atomic E-state index is 13.4. The molecule has 3 aromatic carbocycles. The van der Waals surface area contributed by atoms with Crippen LogP contribution in [0, 0.1) is 19.8 Å². The molecule has 3 aromatic rings. The Labute approximate surface area is 232 Å². The Balaban J connectivity index is 1.11. The largest absolute Gasteiger partial charge is 0.340 e. The lowest BCUT2D eigenvalue weighted by Gasteiger charge is -2.41. The van der Waals surface area contributed by atoms with E-state index in [9.17, 15) is 9.59 Å². The highest BCUT2D eigenvalue weighted by Crippen LogP contribution is 2.30. The van der Waals surface area contributed by atoms with Crippen LogP contribution in [0.25, 0.3) is 0 Å². The first-order valence-corrected chi connectivity index (χ1v) is 14.2. The van der Waals surface area contributed by atoms with Crippen LogP contribution in [0.15, 0.2) is 78.9 Å². The number of nitrogens with zero attached hydrogens (tertiary/aromatic N) is 3. The van der Waals surface area contributed by atoms with Crippen LogP contribution in [-0.4, -0.2) is 72.3 Å². The molecule has 2 amide bonds. The number of carbonyl (C=O) groups is 2. The first-order chi connectivity index (χ1) is 19.0. The topological polar surface area (TPSA) is 55.9 Å². The normalized spacial score (nSPS) is 17.4. The van der Waals surface area contributed by atoms with Gasteiger partial charge in [0.1, 0.15) is 0 Å². The first-order valence-electron chi connectivity index (χ1n) is 14.2. The van der Waals surface area contributed by atoms with E-state index < -0.39 is 0 Å². The van der Waals surface area contributed by atoms with Crippen molar-refractivity contribution in [3.8, 4) is 0 Å². The summed E-state index contributed by atoms with van der Waals surface area (Å²) in [5.74, 6) is 0.341. The second kappa shape index (κ2) is 12.6. The molecule has 204 valence electrons. The lowest BCUT2D eigenvalue weighted by atomic mass is 9.94. The molecule has 0 unspecified atom stereocenters. The van der Waals surface area contributed by atoms with Crippen LogP contribution in [0.5, 0.6) is 0 Å². The maximum Gasteiger partial charge on any atom is 0.238 e. The van der Waals surface area contributed by atoms with Crippen molar-refractivity contribution in [3.63, 3.8) is 0 Å². The number of hydrogen-bond acceptors (Lipinski definition) is 4. The quantitative estimate of drug-likeness (QED) is 0.478. The smallest absolute Gasteiger partial charge is 0.238 e. The molecule has 6 heteroatoms. The molecule has 0 bridgehead atoms. The summed E-state index contributed by atoms with van der Waals surface area (Å²) in [5.41, 5.74) is 5.71. The Morgan fingerprint density at radius 1 is 0.795 bits per heavy atom. The zero-order chi connectivity index (χ0) is 27.2. The molecule has 5 rings (SSSR count). The van der Waals surface area contributed by atoms with Crippen LogP contribution in [0.4, 0.5) is 5.69 Å². The number of carbonyl (C=O) groups excluding carboxylic acids is 2. The van der Waals surface area contributed by atoms with Gasteiger partial charge in [-0.2, -0.15) is 0 Å². The molecule has 6 nitrogen and oxygen atoms in total. The number of hydrogen-bond donors (Lipinski definition) is 1. The number of nitrogens with one attached hydrogen (secondary N) is 1. The SMILES string of the molecule is Cc1ccc(NC(=O)CN2CCC(C(=O)N3CCN(C(c4ccccc4)c4ccccc4)CC3)CC2)c(C)c1. The van der Waals surface area contributed by atoms with E-state index in [2.05, 4.69) is 93.7 Å². The van der Waals surface area contributed by atoms with E-state index in [1.807, 2.05) is 19.1 Å². The summed E-state index contributed by atoms with van der Waals surface area (Å²) in [4.78, 5) is 32.8. The Morgan fingerprint density at radius 3 is 1.95 bits per heavy atom. The van der Waals surface area contributed by atoms with E-state index in [-0.39, 0.29) is 23.8 Å². The second-order valence-corrected chi connectivity index (χ2v) is 11.0. The summed E-state index contributed by atoms with van der Waals surface area (Å²) in [6.07, 6.45) is 1.62. The van der Waals surface area contributed by atoms with Crippen molar-refractivity contribution in [1.82, 2.24) is 14.7 Å². The van der Waals surface area contributed by atoms with Crippen molar-refractivity contribution < 1.29 is 9.59 Å². The lowest BCUT2D eigenvalue weighted by molar-refractivity contribution is -0.139. The monoisotopic (exact) mass is 524 g/mol. The average molecular weight is 525 g/mol. The molecule has 2 heterocycles. The molecule has 0 aliphatic carbocycles. The van der Waals surface area contributed by atoms with E-state index in [1.54, 1.807) is 0 Å². The van der Waals surface area contributed by atoms with Gasteiger partial charge in [-0.3, -0.25) is 19.4 Å². The molecule has 2 saturated heterocycles. The first kappa shape index (κ1) is 27.1. The van der Waals surface area contributed by atoms with Gasteiger partial charge >= 0.3 is 0 Å². The van der Waals surface area contributed by atoms with Gasteiger partial charge in [0.15, 0.2) is 0 Å². The number of anilines is 1. The number of piperidine rings is 1. The van der Waals surface area contributed by atoms with Crippen LogP contribution < -0.4 is 5.32 Å². The fraction of sp³-hybridized carbons (Fsp3) is 0.394. The molecule has 2 fully saturated rings. The highest BCUT2D eigenvalue weighted by atomic mass is 16.2. The minimum atomic E-state index is 0.00855. The van der Waals surface area contributed by atoms with Gasteiger partial charge in [-0.1, -0.05) is 78.4 Å². The van der Waals surface area contributed by atoms with Crippen LogP contribution in [0.1, 0.15) is 41.1 Å². The molecule has 2 aliphatic rings. The van der Waals surface area contributed by atoms with E-state index in [1.165, 1.54) is 16.7 Å². The van der Waals surface area contributed by atoms with Crippen molar-refractivity contribution in [2.24, 2.45) is 5.92 Å². The fourth-order valence-electron chi connectivity index (χ4n) is 6.03. The maximum absolute atomic E-state index is 13.4. The molecule has 39 heavy (non-hydrogen) atoms. The minimum absolute atomic E-state index is 0.00855. The zero-order valence-corrected chi connectivity index (χ0v) is 23.2. The molecule has 0 aromatic heterocycles. The molecule has 0 radical (unpaired) electrons. The predicted octanol–water partition coefficient (Wildman–Crippen LogP) is 4.89. The van der Waals surface area contributed by atoms with Gasteiger partial charge in [0, 0.05) is 37.8 Å². The third-order valence-corrected chi connectivity index (χ3v) is 8.18. The van der Waals surface area contributed by atoms with E-state index in [4.69, 9.17) is 0 Å². The summed E-state index contributed by atoms with van der Waals surface area (Å²) in [7, 11) is 0. The van der Waals surface area contributed by atoms with Crippen LogP contribution in [0.3, 0.4) is 0 Å². The summed E-state index contributed by atoms with van der Waals surface area (Å²) in [5, 5.41) is 3.05. The predicted molar refractivity (Wildman–Crippen MR) is 157 cm³/mol. The Bertz CT molecular complexity index is 1210. The van der Waals surface area contributed by atoms with Crippen molar-refractivity contribution in [1.29, 1.82) is 0 Å². The van der Waals surface area contributed by atoms with Gasteiger partial charge in [-0.05, 0) is 62.5 Å². The summed E-state index contributed by atoms with van der Waals surface area (Å²) in [6, 6.07) is 27.6. The van der Waals surface area contributed by atoms with Crippen molar-refractivity contribution in [3.05, 3.63) is 101 Å². The summed E-state index contributed by atoms with van der Waals surface area (Å²) in [6.45, 7) is 9.23. The van der Waals surface area contributed by atoms with Crippen molar-refractivity contribution >= 4 is 17.5 Å². The number of rotatable bonds is 7. The summed E-state index contributed by atoms with van der Waals surface area (Å²) >= 11 is 0. The van der Waals surface area contributed by atoms with Gasteiger partial charge in [-0.15, -0.1) is 0 Å². The third-order valence-electron chi connectivity index (χ3n) is 8.18. The second-order valence-electron chi connectivity index (χ2n) is 11.0. The summed E-state index contributed by atoms with van der Waals surface area (Å²) < 4.78 is 0. The molecular formula is C33H40N4O2. The molecule has 1 N–H and O–H groups in total. The van der Waals surface area contributed by atoms with Crippen LogP contribution in [-0.2, 0) is 9.59 Å². The molecule has 0 saturated carbocycles. The number of likely N-dealkylation sites (tertiary alicyclic amines) is 1. The van der Waals surface area contributed by atoms with E-state index in [0.29, 0.717) is 6.54 Å². The molecule has 0 atom stereocenters. The van der Waals surface area contributed by atoms with Gasteiger partial charge in [0.05, 0.1) is 12.6 Å². The Kier molecular flexibility index (Phi) is 8.74. The van der Waals surface area contributed by atoms with E-state index >= 15 is 0 Å². The number of benzene rings is 3. The Morgan fingerprint density at radius 2 is 1.38 bits per heavy atom. The van der Waals surface area contributed by atoms with E-state index in [0.717, 1.165) is 63.4 Å². The molecule has 2 aliphatic heterocycles. The molecular weight excluding hydrogens is 484 g/mol. The zero-order valence-electron chi connectivity index (χ0n) is 23.2. The van der Waals surface area contributed by atoms with Gasteiger partial charge in [-0.25, -0.2) is 0 Å². The van der Waals surface area contributed by atoms with Gasteiger partial charge < -0.3 is 10.2 Å². The highest BCUT2D eigenvalue weighted by Gasteiger charge is 2.33. The number of amides is 2. The molecule has 0 spiro atoms. The fourth-order valence-corrected chi connectivity index (χ4v) is 6.03. The lowest BCUT2D eigenvalue weighted by Crippen LogP contribution is -2.52. The average Bonchev–Trinajstić information content (AvgIpc) is 2.96. The number of piperazine rings is 1. The van der Waals surface area contributed by atoms with Crippen molar-refractivity contribution in [2.45, 2.75) is 32.7 Å². The highest BCUT2D eigenvalue weighted by molar-refractivity contribution is 5.93. The standard InChI is InChI=1S/C33H40N4O2/c1-25-13-14-30(26(2)23-25)34-31(38)24-35-17-15-29(16-18-35)33(39)37-21-19-36(20-22-37)32(27-9-5-3-6-10-27)28-11-7-4-8-12-28/h3-14,23,29,32H,15-22,24H2,1-2H3,(H,34,38). The third kappa shape index (κ3) is 6.75. The van der Waals surface area contributed by atoms with Crippen LogP contribution >= 0.6 is 0 Å². The van der Waals surface area contributed by atoms with Gasteiger partial charge in [0.25, 0.3) is 0 Å². The number of aryl methyl sites for hydroxylation is 2. The van der Waals surface area contributed by atoms with Gasteiger partial charge in [0.2, 0.25) is 11.8 Å². The van der Waals surface area contributed by atoms with Crippen LogP contribution in [0.2, 0.25) is 0 Å². The minimum Gasteiger partial charge on any atom is -0.340 e.